The van der Waals surface area contributed by atoms with E-state index in [9.17, 15) is 8.42 Å². The van der Waals surface area contributed by atoms with E-state index in [2.05, 4.69) is 15.2 Å². The summed E-state index contributed by atoms with van der Waals surface area (Å²) >= 11 is 0. The van der Waals surface area contributed by atoms with E-state index in [0.717, 1.165) is 42.4 Å². The first-order valence-electron chi connectivity index (χ1n) is 9.12. The summed E-state index contributed by atoms with van der Waals surface area (Å²) in [6.45, 7) is 2.95. The van der Waals surface area contributed by atoms with Gasteiger partial charge in [-0.3, -0.25) is 4.99 Å². The molecule has 1 N–H and O–H groups in total. The number of fused-ring (bicyclic) bond motifs is 1. The van der Waals surface area contributed by atoms with Crippen molar-refractivity contribution < 1.29 is 17.9 Å². The quantitative estimate of drug-likeness (QED) is 0.359. The van der Waals surface area contributed by atoms with Gasteiger partial charge in [0.2, 0.25) is 16.8 Å². The van der Waals surface area contributed by atoms with Gasteiger partial charge in [-0.1, -0.05) is 6.07 Å². The number of aliphatic imine (C=N–C) groups is 1. The average Bonchev–Trinajstić information content (AvgIpc) is 3.09. The maximum Gasteiger partial charge on any atom is 0.231 e. The number of halogens is 1. The Hall–Kier alpha value is -1.27. The van der Waals surface area contributed by atoms with Gasteiger partial charge >= 0.3 is 0 Å². The summed E-state index contributed by atoms with van der Waals surface area (Å²) in [4.78, 5) is 6.42. The van der Waals surface area contributed by atoms with Crippen molar-refractivity contribution in [1.82, 2.24) is 14.5 Å². The predicted molar refractivity (Wildman–Crippen MR) is 120 cm³/mol. The summed E-state index contributed by atoms with van der Waals surface area (Å²) in [6.07, 6.45) is 3.00. The molecule has 0 atom stereocenters. The van der Waals surface area contributed by atoms with E-state index in [-0.39, 0.29) is 30.8 Å². The van der Waals surface area contributed by atoms with Gasteiger partial charge in [0.1, 0.15) is 0 Å². The van der Waals surface area contributed by atoms with E-state index in [1.54, 1.807) is 11.4 Å². The third-order valence-electron chi connectivity index (χ3n) is 5.02. The summed E-state index contributed by atoms with van der Waals surface area (Å²) in [6, 6.07) is 5.95. The van der Waals surface area contributed by atoms with Gasteiger partial charge in [0.25, 0.3) is 0 Å². The summed E-state index contributed by atoms with van der Waals surface area (Å²) in [5.41, 5.74) is 1.12. The molecule has 0 unspecified atom stereocenters. The van der Waals surface area contributed by atoms with Crippen LogP contribution >= 0.6 is 24.0 Å². The number of nitrogens with one attached hydrogen (secondary N) is 1. The highest BCUT2D eigenvalue weighted by molar-refractivity contribution is 14.0. The molecule has 1 aromatic carbocycles. The highest BCUT2D eigenvalue weighted by Crippen LogP contribution is 2.32. The average molecular weight is 524 g/mol. The maximum atomic E-state index is 11.6. The van der Waals surface area contributed by atoms with Crippen molar-refractivity contribution in [2.75, 3.05) is 46.8 Å². The molecular weight excluding hydrogens is 495 g/mol. The van der Waals surface area contributed by atoms with E-state index in [0.29, 0.717) is 25.6 Å². The smallest absolute Gasteiger partial charge is 0.231 e. The molecule has 2 heterocycles. The Bertz CT molecular complexity index is 795. The zero-order chi connectivity index (χ0) is 19.4. The Kier molecular flexibility index (Phi) is 8.19. The molecule has 158 valence electrons. The number of piperidine rings is 1. The summed E-state index contributed by atoms with van der Waals surface area (Å²) in [7, 11) is 0.685. The molecule has 2 aliphatic rings. The van der Waals surface area contributed by atoms with Crippen LogP contribution < -0.4 is 14.8 Å². The molecule has 1 saturated heterocycles. The zero-order valence-electron chi connectivity index (χ0n) is 16.6. The molecule has 3 rings (SSSR count). The Morgan fingerprint density at radius 2 is 1.96 bits per heavy atom. The number of hydrogen-bond acceptors (Lipinski definition) is 5. The second-order valence-corrected chi connectivity index (χ2v) is 9.06. The first kappa shape index (κ1) is 23.0. The standard InChI is InChI=1S/C18H28N4O4S.HI/c1-19-18(20-11-14-6-8-22(9-7-14)27(3,23)24)21(2)12-15-4-5-16-17(10-15)26-13-25-16;/h4-5,10,14H,6-9,11-13H2,1-3H3,(H,19,20);1H. The number of sulfonamides is 1. The second-order valence-electron chi connectivity index (χ2n) is 7.08. The van der Waals surface area contributed by atoms with Gasteiger partial charge in [0.15, 0.2) is 17.5 Å². The van der Waals surface area contributed by atoms with Crippen molar-refractivity contribution >= 4 is 40.0 Å². The van der Waals surface area contributed by atoms with Gasteiger partial charge < -0.3 is 19.7 Å². The van der Waals surface area contributed by atoms with E-state index in [1.807, 2.05) is 25.2 Å². The minimum Gasteiger partial charge on any atom is -0.454 e. The van der Waals surface area contributed by atoms with Crippen molar-refractivity contribution in [3.05, 3.63) is 23.8 Å². The third kappa shape index (κ3) is 5.86. The number of rotatable bonds is 5. The van der Waals surface area contributed by atoms with Crippen molar-refractivity contribution in [1.29, 1.82) is 0 Å². The van der Waals surface area contributed by atoms with Crippen LogP contribution in [0, 0.1) is 5.92 Å². The first-order valence-corrected chi connectivity index (χ1v) is 11.0. The fourth-order valence-corrected chi connectivity index (χ4v) is 4.33. The van der Waals surface area contributed by atoms with Gasteiger partial charge in [0.05, 0.1) is 6.26 Å². The molecule has 1 aromatic rings. The van der Waals surface area contributed by atoms with Crippen LogP contribution in [0.5, 0.6) is 11.5 Å². The molecule has 8 nitrogen and oxygen atoms in total. The largest absolute Gasteiger partial charge is 0.454 e. The minimum atomic E-state index is -3.08. The number of ether oxygens (including phenoxy) is 2. The van der Waals surface area contributed by atoms with Crippen molar-refractivity contribution in [3.8, 4) is 11.5 Å². The van der Waals surface area contributed by atoms with Crippen LogP contribution in [0.15, 0.2) is 23.2 Å². The molecule has 0 saturated carbocycles. The number of guanidine groups is 1. The molecule has 10 heteroatoms. The monoisotopic (exact) mass is 524 g/mol. The minimum absolute atomic E-state index is 0. The lowest BCUT2D eigenvalue weighted by atomic mass is 9.98. The van der Waals surface area contributed by atoms with Crippen LogP contribution in [0.4, 0.5) is 0 Å². The third-order valence-corrected chi connectivity index (χ3v) is 6.32. The van der Waals surface area contributed by atoms with E-state index in [4.69, 9.17) is 9.47 Å². The molecule has 0 amide bonds. The van der Waals surface area contributed by atoms with Gasteiger partial charge in [-0.25, -0.2) is 12.7 Å². The van der Waals surface area contributed by atoms with Gasteiger partial charge in [-0.15, -0.1) is 24.0 Å². The molecule has 2 aliphatic heterocycles. The van der Waals surface area contributed by atoms with Gasteiger partial charge in [-0.2, -0.15) is 0 Å². The van der Waals surface area contributed by atoms with Crippen LogP contribution in [0.1, 0.15) is 18.4 Å². The van der Waals surface area contributed by atoms with Crippen molar-refractivity contribution in [2.24, 2.45) is 10.9 Å². The Balaban J connectivity index is 0.00000280. The molecule has 0 aliphatic carbocycles. The Labute approximate surface area is 184 Å². The SMILES string of the molecule is CN=C(NCC1CCN(S(C)(=O)=O)CC1)N(C)Cc1ccc2c(c1)OCO2.I. The molecule has 0 bridgehead atoms. The van der Waals surface area contributed by atoms with Crippen LogP contribution in [-0.2, 0) is 16.6 Å². The molecule has 0 radical (unpaired) electrons. The molecule has 28 heavy (non-hydrogen) atoms. The lowest BCUT2D eigenvalue weighted by Crippen LogP contribution is -2.44. The highest BCUT2D eigenvalue weighted by atomic mass is 127. The lowest BCUT2D eigenvalue weighted by molar-refractivity contribution is 0.174. The van der Waals surface area contributed by atoms with Crippen LogP contribution in [0.2, 0.25) is 0 Å². The normalized spacial score (nSPS) is 17.9. The van der Waals surface area contributed by atoms with Crippen LogP contribution in [0.3, 0.4) is 0 Å². The van der Waals surface area contributed by atoms with E-state index in [1.165, 1.54) is 6.26 Å². The number of nitrogens with zero attached hydrogens (tertiary/aromatic N) is 3. The number of hydrogen-bond donors (Lipinski definition) is 1. The van der Waals surface area contributed by atoms with Gasteiger partial charge in [-0.05, 0) is 36.5 Å². The fourth-order valence-electron chi connectivity index (χ4n) is 3.45. The molecule has 0 spiro atoms. The topological polar surface area (TPSA) is 83.5 Å². The lowest BCUT2D eigenvalue weighted by Gasteiger charge is -2.31. The van der Waals surface area contributed by atoms with Crippen LogP contribution in [0.25, 0.3) is 0 Å². The maximum absolute atomic E-state index is 11.6. The van der Waals surface area contributed by atoms with E-state index < -0.39 is 10.0 Å². The highest BCUT2D eigenvalue weighted by Gasteiger charge is 2.25. The Morgan fingerprint density at radius 1 is 1.29 bits per heavy atom. The second kappa shape index (κ2) is 9.97. The van der Waals surface area contributed by atoms with E-state index >= 15 is 0 Å². The summed E-state index contributed by atoms with van der Waals surface area (Å²) < 4.78 is 35.6. The first-order chi connectivity index (χ1) is 12.9. The Morgan fingerprint density at radius 3 is 2.61 bits per heavy atom. The van der Waals surface area contributed by atoms with Crippen molar-refractivity contribution in [3.63, 3.8) is 0 Å². The summed E-state index contributed by atoms with van der Waals surface area (Å²) in [5.74, 6) is 2.82. The zero-order valence-corrected chi connectivity index (χ0v) is 19.7. The van der Waals surface area contributed by atoms with Crippen LogP contribution in [-0.4, -0.2) is 70.4 Å². The molecule has 1 fully saturated rings. The fraction of sp³-hybridized carbons (Fsp3) is 0.611. The number of benzene rings is 1. The molecule has 0 aromatic heterocycles. The molecular formula is C18H29IN4O4S. The summed E-state index contributed by atoms with van der Waals surface area (Å²) in [5, 5.41) is 3.42. The van der Waals surface area contributed by atoms with Crippen molar-refractivity contribution in [2.45, 2.75) is 19.4 Å². The predicted octanol–water partition coefficient (Wildman–Crippen LogP) is 1.71. The van der Waals surface area contributed by atoms with Gasteiger partial charge in [0, 0.05) is 40.3 Å².